The third-order valence-electron chi connectivity index (χ3n) is 5.20. The van der Waals surface area contributed by atoms with Gasteiger partial charge in [0.15, 0.2) is 0 Å². The molecule has 2 aromatic carbocycles. The first-order chi connectivity index (χ1) is 13.7. The number of halogens is 4. The molecule has 1 amide bonds. The number of amides is 1. The fourth-order valence-electron chi connectivity index (χ4n) is 3.52. The van der Waals surface area contributed by atoms with Crippen LogP contribution in [0.4, 0.5) is 23.2 Å². The van der Waals surface area contributed by atoms with E-state index in [-0.39, 0.29) is 11.5 Å². The third-order valence-corrected chi connectivity index (χ3v) is 5.20. The zero-order valence-corrected chi connectivity index (χ0v) is 16.2. The first kappa shape index (κ1) is 21.1. The number of rotatable bonds is 5. The molecule has 2 aromatic rings. The number of hydrogen-bond acceptors (Lipinski definition) is 3. The fourth-order valence-corrected chi connectivity index (χ4v) is 3.52. The molecule has 0 spiro atoms. The number of benzene rings is 2. The zero-order chi connectivity index (χ0) is 21.2. The Labute approximate surface area is 166 Å². The van der Waals surface area contributed by atoms with Gasteiger partial charge in [0.2, 0.25) is 5.91 Å². The lowest BCUT2D eigenvalue weighted by molar-refractivity contribution is -0.137. The second-order valence-electron chi connectivity index (χ2n) is 7.38. The first-order valence-electron chi connectivity index (χ1n) is 9.28. The molecule has 1 aliphatic rings. The summed E-state index contributed by atoms with van der Waals surface area (Å²) in [6, 6.07) is 10.2. The van der Waals surface area contributed by atoms with E-state index in [0.717, 1.165) is 23.4 Å². The predicted molar refractivity (Wildman–Crippen MR) is 103 cm³/mol. The molecule has 1 saturated heterocycles. The zero-order valence-electron chi connectivity index (χ0n) is 16.2. The molecule has 2 N–H and O–H groups in total. The van der Waals surface area contributed by atoms with Gasteiger partial charge in [-0.25, -0.2) is 4.39 Å². The van der Waals surface area contributed by atoms with E-state index in [1.54, 1.807) is 0 Å². The van der Waals surface area contributed by atoms with E-state index >= 15 is 0 Å². The Morgan fingerprint density at radius 2 is 1.83 bits per heavy atom. The van der Waals surface area contributed by atoms with Crippen molar-refractivity contribution < 1.29 is 22.4 Å². The average molecular weight is 409 g/mol. The number of nitrogens with one attached hydrogen (secondary N) is 2. The third kappa shape index (κ3) is 4.87. The van der Waals surface area contributed by atoms with Crippen LogP contribution in [0.15, 0.2) is 42.5 Å². The van der Waals surface area contributed by atoms with Crippen LogP contribution in [-0.4, -0.2) is 33.1 Å². The van der Waals surface area contributed by atoms with Crippen LogP contribution in [0.3, 0.4) is 0 Å². The van der Waals surface area contributed by atoms with Crippen molar-refractivity contribution in [3.8, 4) is 0 Å². The van der Waals surface area contributed by atoms with Gasteiger partial charge in [-0.15, -0.1) is 0 Å². The van der Waals surface area contributed by atoms with Crippen molar-refractivity contribution in [1.29, 1.82) is 0 Å². The van der Waals surface area contributed by atoms with Gasteiger partial charge >= 0.3 is 6.18 Å². The minimum Gasteiger partial charge on any atom is -0.378 e. The van der Waals surface area contributed by atoms with E-state index in [0.29, 0.717) is 25.7 Å². The van der Waals surface area contributed by atoms with E-state index in [1.807, 2.05) is 43.3 Å². The lowest BCUT2D eigenvalue weighted by Gasteiger charge is -2.20. The molecule has 0 bridgehead atoms. The van der Waals surface area contributed by atoms with Gasteiger partial charge in [0, 0.05) is 45.3 Å². The molecule has 0 radical (unpaired) electrons. The van der Waals surface area contributed by atoms with Crippen LogP contribution in [0.2, 0.25) is 0 Å². The van der Waals surface area contributed by atoms with E-state index in [2.05, 4.69) is 10.6 Å². The molecule has 1 fully saturated rings. The van der Waals surface area contributed by atoms with Gasteiger partial charge in [0.1, 0.15) is 5.82 Å². The molecule has 0 saturated carbocycles. The normalized spacial score (nSPS) is 19.2. The summed E-state index contributed by atoms with van der Waals surface area (Å²) in [5.74, 6) is -2.27. The van der Waals surface area contributed by atoms with Crippen molar-refractivity contribution in [3.63, 3.8) is 0 Å². The van der Waals surface area contributed by atoms with Crippen LogP contribution >= 0.6 is 0 Å². The van der Waals surface area contributed by atoms with Crippen LogP contribution in [-0.2, 0) is 17.5 Å². The van der Waals surface area contributed by atoms with E-state index in [4.69, 9.17) is 0 Å². The number of carbonyl (C=O) groups is 1. The van der Waals surface area contributed by atoms with E-state index < -0.39 is 29.4 Å². The van der Waals surface area contributed by atoms with Crippen molar-refractivity contribution in [2.75, 3.05) is 32.1 Å². The number of nitrogens with zero attached hydrogens (tertiary/aromatic N) is 1. The predicted octanol–water partition coefficient (Wildman–Crippen LogP) is 3.53. The summed E-state index contributed by atoms with van der Waals surface area (Å²) in [6.07, 6.45) is -4.60. The van der Waals surface area contributed by atoms with Crippen LogP contribution in [0.1, 0.15) is 22.6 Å². The second-order valence-corrected chi connectivity index (χ2v) is 7.38. The second kappa shape index (κ2) is 8.41. The average Bonchev–Trinajstić information content (AvgIpc) is 3.15. The van der Waals surface area contributed by atoms with Gasteiger partial charge in [-0.1, -0.05) is 18.2 Å². The molecule has 2 atom stereocenters. The molecular weight excluding hydrogens is 386 g/mol. The van der Waals surface area contributed by atoms with E-state index in [1.165, 1.54) is 0 Å². The Balaban J connectivity index is 1.68. The summed E-state index contributed by atoms with van der Waals surface area (Å²) in [6.45, 7) is 1.000. The molecule has 4 nitrogen and oxygen atoms in total. The molecule has 0 aromatic heterocycles. The molecule has 1 heterocycles. The van der Waals surface area contributed by atoms with Crippen LogP contribution in [0.5, 0.6) is 0 Å². The quantitative estimate of drug-likeness (QED) is 0.743. The molecule has 0 aliphatic carbocycles. The Kier molecular flexibility index (Phi) is 6.12. The highest BCUT2D eigenvalue weighted by Crippen LogP contribution is 2.35. The molecular formula is C21H23F4N3O. The Morgan fingerprint density at radius 1 is 1.14 bits per heavy atom. The van der Waals surface area contributed by atoms with Gasteiger partial charge in [-0.3, -0.25) is 4.79 Å². The Hall–Kier alpha value is -2.61. The monoisotopic (exact) mass is 409 g/mol. The van der Waals surface area contributed by atoms with Crippen molar-refractivity contribution >= 4 is 11.6 Å². The standard InChI is InChI=1S/C21H23F4N3O/c1-28(2)15-6-3-13(4-7-15)10-27-20(29)18-12-26-11-17(18)16-8-5-14(9-19(16)22)21(23,24)25/h3-9,17-18,26H,10-12H2,1-2H3,(H,27,29)/t17-,18+/m0/s1. The van der Waals surface area contributed by atoms with Gasteiger partial charge in [0.05, 0.1) is 11.5 Å². The van der Waals surface area contributed by atoms with Gasteiger partial charge in [-0.05, 0) is 35.4 Å². The summed E-state index contributed by atoms with van der Waals surface area (Å²) >= 11 is 0. The minimum atomic E-state index is -4.60. The molecule has 8 heteroatoms. The maximum absolute atomic E-state index is 14.4. The lowest BCUT2D eigenvalue weighted by atomic mass is 9.87. The molecule has 3 rings (SSSR count). The van der Waals surface area contributed by atoms with Crippen molar-refractivity contribution in [2.45, 2.75) is 18.6 Å². The summed E-state index contributed by atoms with van der Waals surface area (Å²) in [5, 5.41) is 5.89. The lowest BCUT2D eigenvalue weighted by Crippen LogP contribution is -2.34. The largest absolute Gasteiger partial charge is 0.416 e. The van der Waals surface area contributed by atoms with Crippen molar-refractivity contribution in [3.05, 3.63) is 65.0 Å². The maximum atomic E-state index is 14.4. The molecule has 1 aliphatic heterocycles. The van der Waals surface area contributed by atoms with Crippen molar-refractivity contribution in [2.24, 2.45) is 5.92 Å². The smallest absolute Gasteiger partial charge is 0.378 e. The van der Waals surface area contributed by atoms with Gasteiger partial charge in [0.25, 0.3) is 0 Å². The van der Waals surface area contributed by atoms with Gasteiger partial charge < -0.3 is 15.5 Å². The molecule has 29 heavy (non-hydrogen) atoms. The number of alkyl halides is 3. The summed E-state index contributed by atoms with van der Waals surface area (Å²) in [5.41, 5.74) is 1.05. The Morgan fingerprint density at radius 3 is 2.41 bits per heavy atom. The number of carbonyl (C=O) groups excluding carboxylic acids is 1. The number of anilines is 1. The highest BCUT2D eigenvalue weighted by Gasteiger charge is 2.37. The highest BCUT2D eigenvalue weighted by atomic mass is 19.4. The SMILES string of the molecule is CN(C)c1ccc(CNC(=O)[C@@H]2CNC[C@H]2c2ccc(C(F)(F)F)cc2F)cc1. The molecule has 156 valence electrons. The topological polar surface area (TPSA) is 44.4 Å². The maximum Gasteiger partial charge on any atom is 0.416 e. The summed E-state index contributed by atoms with van der Waals surface area (Å²) in [7, 11) is 3.87. The first-order valence-corrected chi connectivity index (χ1v) is 9.28. The van der Waals surface area contributed by atoms with Crippen LogP contribution in [0, 0.1) is 11.7 Å². The van der Waals surface area contributed by atoms with Crippen molar-refractivity contribution in [1.82, 2.24) is 10.6 Å². The highest BCUT2D eigenvalue weighted by molar-refractivity contribution is 5.80. The van der Waals surface area contributed by atoms with Crippen LogP contribution in [0.25, 0.3) is 0 Å². The van der Waals surface area contributed by atoms with Crippen LogP contribution < -0.4 is 15.5 Å². The van der Waals surface area contributed by atoms with Gasteiger partial charge in [-0.2, -0.15) is 13.2 Å². The van der Waals surface area contributed by atoms with E-state index in [9.17, 15) is 22.4 Å². The number of hydrogen-bond donors (Lipinski definition) is 2. The fraction of sp³-hybridized carbons (Fsp3) is 0.381. The molecule has 0 unspecified atom stereocenters. The summed E-state index contributed by atoms with van der Waals surface area (Å²) < 4.78 is 52.7. The Bertz CT molecular complexity index is 865. The minimum absolute atomic E-state index is 0.124. The summed E-state index contributed by atoms with van der Waals surface area (Å²) in [4.78, 5) is 14.6.